The molecule has 1 unspecified atom stereocenters. The van der Waals surface area contributed by atoms with E-state index in [1.54, 1.807) is 0 Å². The van der Waals surface area contributed by atoms with Gasteiger partial charge in [0.25, 0.3) is 0 Å². The molecule has 0 spiro atoms. The number of hydrogen-bond donors (Lipinski definition) is 0. The van der Waals surface area contributed by atoms with Crippen LogP contribution in [-0.2, 0) is 15.9 Å². The lowest BCUT2D eigenvalue weighted by atomic mass is 10.2. The normalized spacial score (nSPS) is 21.1. The van der Waals surface area contributed by atoms with E-state index in [1.165, 1.54) is 0 Å². The molecule has 1 atom stereocenters. The van der Waals surface area contributed by atoms with E-state index in [0.29, 0.717) is 42.4 Å². The third-order valence-corrected chi connectivity index (χ3v) is 3.01. The minimum absolute atomic E-state index is 0.269. The highest BCUT2D eigenvalue weighted by atomic mass is 35.5. The van der Waals surface area contributed by atoms with Crippen molar-refractivity contribution in [1.29, 1.82) is 0 Å². The molecule has 16 heavy (non-hydrogen) atoms. The minimum atomic E-state index is -0.269. The van der Waals surface area contributed by atoms with Gasteiger partial charge in [-0.05, 0) is 6.42 Å². The topological polar surface area (TPSA) is 44.2 Å². The van der Waals surface area contributed by atoms with Gasteiger partial charge in [-0.3, -0.25) is 0 Å². The molecule has 1 aliphatic heterocycles. The molecule has 0 N–H and O–H groups in total. The predicted molar refractivity (Wildman–Crippen MR) is 60.9 cm³/mol. The summed E-state index contributed by atoms with van der Waals surface area (Å²) in [5, 5.41) is 0.790. The molecule has 2 rings (SSSR count). The molecule has 0 aromatic carbocycles. The van der Waals surface area contributed by atoms with Crippen molar-refractivity contribution < 1.29 is 9.47 Å². The predicted octanol–water partition coefficient (Wildman–Crippen LogP) is 2.43. The van der Waals surface area contributed by atoms with Crippen LogP contribution in [0.2, 0.25) is 10.3 Å². The fraction of sp³-hybridized carbons (Fsp3) is 0.600. The molecule has 1 fully saturated rings. The van der Waals surface area contributed by atoms with Crippen LogP contribution in [-0.4, -0.2) is 29.8 Å². The van der Waals surface area contributed by atoms with Crippen LogP contribution in [0.4, 0.5) is 0 Å². The quantitative estimate of drug-likeness (QED) is 0.769. The lowest BCUT2D eigenvalue weighted by molar-refractivity contribution is -0.0935. The third-order valence-electron chi connectivity index (χ3n) is 2.38. The zero-order chi connectivity index (χ0) is 11.5. The maximum atomic E-state index is 6.02. The van der Waals surface area contributed by atoms with Gasteiger partial charge in [0, 0.05) is 5.56 Å². The Morgan fingerprint density at radius 2 is 1.94 bits per heavy atom. The molecule has 1 saturated heterocycles. The number of ether oxygens (including phenoxy) is 2. The van der Waals surface area contributed by atoms with Crippen LogP contribution in [0.15, 0.2) is 0 Å². The Hall–Kier alpha value is -0.420. The zero-order valence-corrected chi connectivity index (χ0v) is 10.4. The van der Waals surface area contributed by atoms with Crippen molar-refractivity contribution in [3.05, 3.63) is 21.7 Å². The molecule has 0 bridgehead atoms. The molecule has 1 aromatic rings. The fourth-order valence-corrected chi connectivity index (χ4v) is 2.19. The Labute approximate surface area is 104 Å². The molecule has 1 aliphatic rings. The highest BCUT2D eigenvalue weighted by Crippen LogP contribution is 2.25. The molecule has 0 radical (unpaired) electrons. The van der Waals surface area contributed by atoms with Crippen LogP contribution in [0.25, 0.3) is 0 Å². The van der Waals surface area contributed by atoms with Gasteiger partial charge in [0.05, 0.1) is 19.8 Å². The van der Waals surface area contributed by atoms with Crippen molar-refractivity contribution in [3.8, 4) is 0 Å². The van der Waals surface area contributed by atoms with E-state index in [-0.39, 0.29) is 6.10 Å². The Morgan fingerprint density at radius 3 is 2.44 bits per heavy atom. The number of hydrogen-bond acceptors (Lipinski definition) is 4. The van der Waals surface area contributed by atoms with Gasteiger partial charge in [-0.15, -0.1) is 0 Å². The first kappa shape index (κ1) is 12.0. The van der Waals surface area contributed by atoms with Crippen LogP contribution >= 0.6 is 23.2 Å². The molecular formula is C10H12Cl2N2O2. The Kier molecular flexibility index (Phi) is 3.97. The highest BCUT2D eigenvalue weighted by molar-refractivity contribution is 6.34. The number of rotatable bonds is 2. The third kappa shape index (κ3) is 2.46. The van der Waals surface area contributed by atoms with Crippen LogP contribution in [0.5, 0.6) is 0 Å². The maximum absolute atomic E-state index is 6.02. The number of halogens is 2. The molecule has 1 aromatic heterocycles. The van der Waals surface area contributed by atoms with Gasteiger partial charge in [0.15, 0.2) is 5.82 Å². The first-order chi connectivity index (χ1) is 7.72. The minimum Gasteiger partial charge on any atom is -0.376 e. The second-order valence-corrected chi connectivity index (χ2v) is 4.15. The summed E-state index contributed by atoms with van der Waals surface area (Å²) in [7, 11) is 0. The summed E-state index contributed by atoms with van der Waals surface area (Å²) in [5.41, 5.74) is 0.767. The van der Waals surface area contributed by atoms with Gasteiger partial charge < -0.3 is 9.47 Å². The summed E-state index contributed by atoms with van der Waals surface area (Å²) in [6.45, 7) is 3.54. The Bertz CT molecular complexity index is 358. The molecule has 0 saturated carbocycles. The van der Waals surface area contributed by atoms with Gasteiger partial charge in [-0.1, -0.05) is 30.1 Å². The van der Waals surface area contributed by atoms with Crippen molar-refractivity contribution in [3.63, 3.8) is 0 Å². The van der Waals surface area contributed by atoms with Gasteiger partial charge >= 0.3 is 0 Å². The summed E-state index contributed by atoms with van der Waals surface area (Å²) in [4.78, 5) is 8.39. The summed E-state index contributed by atoms with van der Waals surface area (Å²) in [6.07, 6.45) is 0.439. The molecule has 2 heterocycles. The molecule has 0 aliphatic carbocycles. The van der Waals surface area contributed by atoms with E-state index < -0.39 is 0 Å². The molecular weight excluding hydrogens is 251 g/mol. The first-order valence-electron chi connectivity index (χ1n) is 5.13. The van der Waals surface area contributed by atoms with E-state index in [1.807, 2.05) is 6.92 Å². The number of aromatic nitrogens is 2. The van der Waals surface area contributed by atoms with E-state index in [9.17, 15) is 0 Å². The van der Waals surface area contributed by atoms with Gasteiger partial charge in [0.1, 0.15) is 16.4 Å². The SMILES string of the molecule is CCc1c(Cl)nc(C2COCCO2)nc1Cl. The lowest BCUT2D eigenvalue weighted by Crippen LogP contribution is -2.24. The van der Waals surface area contributed by atoms with Crippen LogP contribution in [0.3, 0.4) is 0 Å². The largest absolute Gasteiger partial charge is 0.376 e. The average molecular weight is 263 g/mol. The molecule has 0 amide bonds. The summed E-state index contributed by atoms with van der Waals surface area (Å²) in [6, 6.07) is 0. The van der Waals surface area contributed by atoms with Crippen LogP contribution < -0.4 is 0 Å². The van der Waals surface area contributed by atoms with Crippen molar-refractivity contribution in [2.75, 3.05) is 19.8 Å². The highest BCUT2D eigenvalue weighted by Gasteiger charge is 2.21. The second kappa shape index (κ2) is 5.27. The van der Waals surface area contributed by atoms with Crippen LogP contribution in [0, 0.1) is 0 Å². The zero-order valence-electron chi connectivity index (χ0n) is 8.87. The van der Waals surface area contributed by atoms with Crippen molar-refractivity contribution in [2.45, 2.75) is 19.4 Å². The van der Waals surface area contributed by atoms with Gasteiger partial charge in [0.2, 0.25) is 0 Å². The van der Waals surface area contributed by atoms with Crippen molar-refractivity contribution >= 4 is 23.2 Å². The Balaban J connectivity index is 2.28. The number of nitrogens with zero attached hydrogens (tertiary/aromatic N) is 2. The van der Waals surface area contributed by atoms with Crippen LogP contribution in [0.1, 0.15) is 24.4 Å². The summed E-state index contributed by atoms with van der Waals surface area (Å²) >= 11 is 12.0. The van der Waals surface area contributed by atoms with E-state index >= 15 is 0 Å². The van der Waals surface area contributed by atoms with E-state index in [4.69, 9.17) is 32.7 Å². The van der Waals surface area contributed by atoms with Crippen molar-refractivity contribution in [1.82, 2.24) is 9.97 Å². The molecule has 4 nitrogen and oxygen atoms in total. The Morgan fingerprint density at radius 1 is 1.25 bits per heavy atom. The van der Waals surface area contributed by atoms with E-state index in [0.717, 1.165) is 5.56 Å². The standard InChI is InChI=1S/C10H12Cl2N2O2/c1-2-6-8(11)13-10(14-9(6)12)7-5-15-3-4-16-7/h7H,2-5H2,1H3. The summed E-state index contributed by atoms with van der Waals surface area (Å²) in [5.74, 6) is 0.493. The summed E-state index contributed by atoms with van der Waals surface area (Å²) < 4.78 is 10.8. The monoisotopic (exact) mass is 262 g/mol. The van der Waals surface area contributed by atoms with E-state index in [2.05, 4.69) is 9.97 Å². The smallest absolute Gasteiger partial charge is 0.162 e. The molecule has 6 heteroatoms. The van der Waals surface area contributed by atoms with Gasteiger partial charge in [-0.25, -0.2) is 9.97 Å². The maximum Gasteiger partial charge on any atom is 0.162 e. The average Bonchev–Trinajstić information content (AvgIpc) is 2.30. The molecule has 88 valence electrons. The first-order valence-corrected chi connectivity index (χ1v) is 5.89. The second-order valence-electron chi connectivity index (χ2n) is 3.43. The van der Waals surface area contributed by atoms with Crippen molar-refractivity contribution in [2.24, 2.45) is 0 Å². The fourth-order valence-electron chi connectivity index (χ4n) is 1.52. The lowest BCUT2D eigenvalue weighted by Gasteiger charge is -2.22. The van der Waals surface area contributed by atoms with Gasteiger partial charge in [-0.2, -0.15) is 0 Å².